The molecular formula is C12H15NO4S. The lowest BCUT2D eigenvalue weighted by atomic mass is 10.1. The molecule has 98 valence electrons. The molecule has 2 rings (SSSR count). The van der Waals surface area contributed by atoms with Gasteiger partial charge in [-0.15, -0.1) is 0 Å². The number of carbonyl (C=O) groups is 1. The number of nitrogens with zero attached hydrogens (tertiary/aromatic N) is 1. The molecule has 1 unspecified atom stereocenters. The molecule has 0 radical (unpaired) electrons. The highest BCUT2D eigenvalue weighted by Gasteiger charge is 2.34. The van der Waals surface area contributed by atoms with E-state index in [4.69, 9.17) is 5.11 Å². The monoisotopic (exact) mass is 269 g/mol. The predicted octanol–water partition coefficient (Wildman–Crippen LogP) is 0.923. The first-order valence-electron chi connectivity index (χ1n) is 5.73. The van der Waals surface area contributed by atoms with Crippen molar-refractivity contribution in [2.24, 2.45) is 5.92 Å². The third-order valence-corrected chi connectivity index (χ3v) is 4.90. The van der Waals surface area contributed by atoms with Crippen LogP contribution in [0.1, 0.15) is 12.0 Å². The fourth-order valence-corrected chi connectivity index (χ4v) is 3.65. The van der Waals surface area contributed by atoms with Gasteiger partial charge in [0.1, 0.15) is 0 Å². The van der Waals surface area contributed by atoms with Crippen LogP contribution in [0.25, 0.3) is 0 Å². The van der Waals surface area contributed by atoms with Crippen molar-refractivity contribution >= 4 is 16.0 Å². The van der Waals surface area contributed by atoms with Gasteiger partial charge in [0.2, 0.25) is 10.0 Å². The van der Waals surface area contributed by atoms with Gasteiger partial charge < -0.3 is 5.11 Å². The second-order valence-corrected chi connectivity index (χ2v) is 6.39. The van der Waals surface area contributed by atoms with Crippen molar-refractivity contribution in [3.63, 3.8) is 0 Å². The average Bonchev–Trinajstić information content (AvgIpc) is 2.79. The van der Waals surface area contributed by atoms with Gasteiger partial charge in [0.15, 0.2) is 0 Å². The van der Waals surface area contributed by atoms with Crippen molar-refractivity contribution < 1.29 is 18.3 Å². The van der Waals surface area contributed by atoms with Crippen LogP contribution in [0, 0.1) is 5.92 Å². The minimum Gasteiger partial charge on any atom is -0.481 e. The summed E-state index contributed by atoms with van der Waals surface area (Å²) >= 11 is 0. The molecule has 1 atom stereocenters. The maximum atomic E-state index is 12.1. The molecule has 0 aliphatic carbocycles. The van der Waals surface area contributed by atoms with Crippen molar-refractivity contribution in [3.05, 3.63) is 35.9 Å². The number of aliphatic carboxylic acids is 1. The summed E-state index contributed by atoms with van der Waals surface area (Å²) in [6, 6.07) is 8.90. The first kappa shape index (κ1) is 13.0. The molecule has 0 saturated carbocycles. The molecule has 1 heterocycles. The van der Waals surface area contributed by atoms with Crippen LogP contribution in [0.5, 0.6) is 0 Å². The van der Waals surface area contributed by atoms with Gasteiger partial charge in [-0.1, -0.05) is 30.3 Å². The zero-order chi connectivity index (χ0) is 13.2. The topological polar surface area (TPSA) is 74.7 Å². The van der Waals surface area contributed by atoms with Crippen LogP contribution in [0.3, 0.4) is 0 Å². The van der Waals surface area contributed by atoms with Gasteiger partial charge in [0.25, 0.3) is 0 Å². The van der Waals surface area contributed by atoms with E-state index in [-0.39, 0.29) is 12.3 Å². The summed E-state index contributed by atoms with van der Waals surface area (Å²) in [6.45, 7) is 0.386. The Morgan fingerprint density at radius 1 is 1.33 bits per heavy atom. The van der Waals surface area contributed by atoms with Crippen LogP contribution < -0.4 is 0 Å². The molecule has 18 heavy (non-hydrogen) atoms. The highest BCUT2D eigenvalue weighted by Crippen LogP contribution is 2.21. The Kier molecular flexibility index (Phi) is 3.68. The van der Waals surface area contributed by atoms with E-state index >= 15 is 0 Å². The summed E-state index contributed by atoms with van der Waals surface area (Å²) < 4.78 is 25.5. The average molecular weight is 269 g/mol. The molecule has 5 nitrogen and oxygen atoms in total. The lowest BCUT2D eigenvalue weighted by Gasteiger charge is -2.15. The van der Waals surface area contributed by atoms with Gasteiger partial charge in [-0.3, -0.25) is 4.79 Å². The predicted molar refractivity (Wildman–Crippen MR) is 66.4 cm³/mol. The number of hydrogen-bond donors (Lipinski definition) is 1. The van der Waals surface area contributed by atoms with Crippen LogP contribution >= 0.6 is 0 Å². The summed E-state index contributed by atoms with van der Waals surface area (Å²) in [7, 11) is -3.41. The SMILES string of the molecule is O=C(O)C1CCN(S(=O)(=O)Cc2ccccc2)C1. The minimum absolute atomic E-state index is 0.0693. The summed E-state index contributed by atoms with van der Waals surface area (Å²) in [6.07, 6.45) is 0.392. The Bertz CT molecular complexity index is 526. The van der Waals surface area contributed by atoms with Gasteiger partial charge in [-0.05, 0) is 12.0 Å². The fourth-order valence-electron chi connectivity index (χ4n) is 2.06. The van der Waals surface area contributed by atoms with E-state index in [0.29, 0.717) is 13.0 Å². The number of rotatable bonds is 4. The van der Waals surface area contributed by atoms with Crippen LogP contribution in [-0.2, 0) is 20.6 Å². The standard InChI is InChI=1S/C12H15NO4S/c14-12(15)11-6-7-13(8-11)18(16,17)9-10-4-2-1-3-5-10/h1-5,11H,6-9H2,(H,14,15). The molecule has 0 spiro atoms. The first-order chi connectivity index (χ1) is 8.49. The number of carboxylic acids is 1. The first-order valence-corrected chi connectivity index (χ1v) is 7.34. The van der Waals surface area contributed by atoms with Crippen molar-refractivity contribution in [2.45, 2.75) is 12.2 Å². The molecule has 1 aliphatic rings. The maximum absolute atomic E-state index is 12.1. The quantitative estimate of drug-likeness (QED) is 0.882. The lowest BCUT2D eigenvalue weighted by molar-refractivity contribution is -0.141. The molecule has 1 aromatic carbocycles. The zero-order valence-electron chi connectivity index (χ0n) is 9.82. The Balaban J connectivity index is 2.07. The highest BCUT2D eigenvalue weighted by atomic mass is 32.2. The smallest absolute Gasteiger partial charge is 0.307 e. The van der Waals surface area contributed by atoms with Crippen LogP contribution in [0.15, 0.2) is 30.3 Å². The Morgan fingerprint density at radius 3 is 2.56 bits per heavy atom. The van der Waals surface area contributed by atoms with E-state index in [1.165, 1.54) is 4.31 Å². The zero-order valence-corrected chi connectivity index (χ0v) is 10.6. The van der Waals surface area contributed by atoms with Crippen molar-refractivity contribution in [3.8, 4) is 0 Å². The second kappa shape index (κ2) is 5.07. The Hall–Kier alpha value is -1.40. The van der Waals surface area contributed by atoms with Gasteiger partial charge in [-0.25, -0.2) is 12.7 Å². The molecule has 6 heteroatoms. The molecule has 1 N–H and O–H groups in total. The number of carboxylic acid groups (broad SMARTS) is 1. The summed E-state index contributed by atoms with van der Waals surface area (Å²) in [5.74, 6) is -1.57. The molecule has 1 fully saturated rings. The second-order valence-electron chi connectivity index (χ2n) is 4.42. The lowest BCUT2D eigenvalue weighted by Crippen LogP contribution is -2.31. The largest absolute Gasteiger partial charge is 0.481 e. The van der Waals surface area contributed by atoms with E-state index in [2.05, 4.69) is 0 Å². The number of benzene rings is 1. The third-order valence-electron chi connectivity index (χ3n) is 3.09. The van der Waals surface area contributed by atoms with E-state index in [9.17, 15) is 13.2 Å². The summed E-state index contributed by atoms with van der Waals surface area (Å²) in [4.78, 5) is 10.8. The normalized spacial score (nSPS) is 21.0. The van der Waals surface area contributed by atoms with E-state index in [1.807, 2.05) is 6.07 Å². The molecule has 0 aromatic heterocycles. The van der Waals surface area contributed by atoms with E-state index < -0.39 is 21.9 Å². The van der Waals surface area contributed by atoms with E-state index in [1.54, 1.807) is 24.3 Å². The molecule has 1 aliphatic heterocycles. The van der Waals surface area contributed by atoms with Gasteiger partial charge in [0.05, 0.1) is 11.7 Å². The van der Waals surface area contributed by atoms with E-state index in [0.717, 1.165) is 5.56 Å². The van der Waals surface area contributed by atoms with Gasteiger partial charge in [0, 0.05) is 13.1 Å². The number of sulfonamides is 1. The molecular weight excluding hydrogens is 254 g/mol. The molecule has 1 aromatic rings. The van der Waals surface area contributed by atoms with Crippen molar-refractivity contribution in [1.29, 1.82) is 0 Å². The third kappa shape index (κ3) is 2.88. The van der Waals surface area contributed by atoms with Crippen LogP contribution in [-0.4, -0.2) is 36.9 Å². The van der Waals surface area contributed by atoms with Crippen LogP contribution in [0.4, 0.5) is 0 Å². The molecule has 0 amide bonds. The van der Waals surface area contributed by atoms with Gasteiger partial charge in [-0.2, -0.15) is 0 Å². The highest BCUT2D eigenvalue weighted by molar-refractivity contribution is 7.88. The van der Waals surface area contributed by atoms with Crippen LogP contribution in [0.2, 0.25) is 0 Å². The Labute approximate surface area is 106 Å². The summed E-state index contributed by atoms with van der Waals surface area (Å²) in [5, 5.41) is 8.86. The number of hydrogen-bond acceptors (Lipinski definition) is 3. The van der Waals surface area contributed by atoms with Crippen molar-refractivity contribution in [2.75, 3.05) is 13.1 Å². The fraction of sp³-hybridized carbons (Fsp3) is 0.417. The van der Waals surface area contributed by atoms with Gasteiger partial charge >= 0.3 is 5.97 Å². The minimum atomic E-state index is -3.41. The summed E-state index contributed by atoms with van der Waals surface area (Å²) in [5.41, 5.74) is 0.719. The molecule has 1 saturated heterocycles. The maximum Gasteiger partial charge on any atom is 0.307 e. The van der Waals surface area contributed by atoms with Crippen molar-refractivity contribution in [1.82, 2.24) is 4.31 Å². The Morgan fingerprint density at radius 2 is 2.00 bits per heavy atom. The molecule has 0 bridgehead atoms.